The van der Waals surface area contributed by atoms with E-state index in [2.05, 4.69) is 16.3 Å². The van der Waals surface area contributed by atoms with E-state index in [4.69, 9.17) is 14.4 Å². The van der Waals surface area contributed by atoms with Crippen LogP contribution in [0.1, 0.15) is 43.8 Å². The lowest BCUT2D eigenvalue weighted by molar-refractivity contribution is 0.0714. The third kappa shape index (κ3) is 4.37. The van der Waals surface area contributed by atoms with E-state index in [0.717, 1.165) is 11.4 Å². The standard InChI is InChI=1S/C27H25N5O3S/c33-21-17-18(23-9-5-15-36-23)16-20-24(21)25(28-19-6-2-1-3-7-19)30-27(29-20)32-12-10-31(11-13-32)26(34)22-8-4-14-35-22/h1-9,14-15,18H,10-13,16-17H2,(H,28,29,30). The van der Waals surface area contributed by atoms with E-state index >= 15 is 0 Å². The normalized spacial score (nSPS) is 17.7. The molecule has 1 N–H and O–H groups in total. The summed E-state index contributed by atoms with van der Waals surface area (Å²) in [5, 5.41) is 5.41. The van der Waals surface area contributed by atoms with Crippen LogP contribution >= 0.6 is 11.3 Å². The summed E-state index contributed by atoms with van der Waals surface area (Å²) in [6.07, 6.45) is 2.65. The lowest BCUT2D eigenvalue weighted by atomic mass is 9.85. The second-order valence-corrected chi connectivity index (χ2v) is 9.96. The molecule has 3 aromatic heterocycles. The number of hydrogen-bond acceptors (Lipinski definition) is 8. The number of carbonyl (C=O) groups is 2. The molecule has 0 spiro atoms. The lowest BCUT2D eigenvalue weighted by Gasteiger charge is -2.35. The summed E-state index contributed by atoms with van der Waals surface area (Å²) in [5.74, 6) is 1.55. The number of furan rings is 1. The van der Waals surface area contributed by atoms with Crippen LogP contribution in [0.3, 0.4) is 0 Å². The largest absolute Gasteiger partial charge is 0.459 e. The fraction of sp³-hybridized carbons (Fsp3) is 0.259. The third-order valence-electron chi connectivity index (χ3n) is 6.69. The van der Waals surface area contributed by atoms with Crippen LogP contribution in [0.2, 0.25) is 0 Å². The molecule has 2 aliphatic rings. The van der Waals surface area contributed by atoms with Crippen LogP contribution < -0.4 is 10.2 Å². The van der Waals surface area contributed by atoms with Gasteiger partial charge in [0.2, 0.25) is 5.95 Å². The highest BCUT2D eigenvalue weighted by Gasteiger charge is 2.33. The van der Waals surface area contributed by atoms with Crippen LogP contribution in [0.15, 0.2) is 70.7 Å². The number of aromatic nitrogens is 2. The van der Waals surface area contributed by atoms with Crippen molar-refractivity contribution in [3.05, 3.63) is 88.1 Å². The van der Waals surface area contributed by atoms with Gasteiger partial charge in [-0.15, -0.1) is 11.3 Å². The van der Waals surface area contributed by atoms with Gasteiger partial charge in [-0.1, -0.05) is 24.3 Å². The van der Waals surface area contributed by atoms with Gasteiger partial charge in [0.25, 0.3) is 5.91 Å². The quantitative estimate of drug-likeness (QED) is 0.424. The van der Waals surface area contributed by atoms with Gasteiger partial charge in [0.1, 0.15) is 5.82 Å². The molecule has 4 heterocycles. The van der Waals surface area contributed by atoms with Gasteiger partial charge in [-0.3, -0.25) is 9.59 Å². The second-order valence-electron chi connectivity index (χ2n) is 8.99. The van der Waals surface area contributed by atoms with Gasteiger partial charge in [0.05, 0.1) is 17.5 Å². The first-order chi connectivity index (χ1) is 17.7. The van der Waals surface area contributed by atoms with Crippen molar-refractivity contribution in [1.82, 2.24) is 14.9 Å². The molecule has 1 aromatic carbocycles. The van der Waals surface area contributed by atoms with Crippen molar-refractivity contribution >= 4 is 40.5 Å². The fourth-order valence-corrected chi connectivity index (χ4v) is 5.68. The zero-order valence-corrected chi connectivity index (χ0v) is 20.4. The van der Waals surface area contributed by atoms with E-state index in [9.17, 15) is 9.59 Å². The Balaban J connectivity index is 1.30. The topological polar surface area (TPSA) is 91.6 Å². The summed E-state index contributed by atoms with van der Waals surface area (Å²) in [6.45, 7) is 2.27. The maximum atomic E-state index is 13.3. The van der Waals surface area contributed by atoms with E-state index in [0.29, 0.717) is 62.1 Å². The predicted molar refractivity (Wildman–Crippen MR) is 138 cm³/mol. The van der Waals surface area contributed by atoms with Crippen molar-refractivity contribution in [2.24, 2.45) is 0 Å². The number of ketones is 1. The Morgan fingerprint density at radius 1 is 0.972 bits per heavy atom. The predicted octanol–water partition coefficient (Wildman–Crippen LogP) is 4.75. The zero-order chi connectivity index (χ0) is 24.5. The van der Waals surface area contributed by atoms with Crippen molar-refractivity contribution in [2.45, 2.75) is 18.8 Å². The average Bonchev–Trinajstić information content (AvgIpc) is 3.64. The summed E-state index contributed by atoms with van der Waals surface area (Å²) in [7, 11) is 0. The van der Waals surface area contributed by atoms with Crippen molar-refractivity contribution in [2.75, 3.05) is 36.4 Å². The number of para-hydroxylation sites is 1. The van der Waals surface area contributed by atoms with Crippen LogP contribution in [0.25, 0.3) is 0 Å². The van der Waals surface area contributed by atoms with Crippen molar-refractivity contribution in [3.63, 3.8) is 0 Å². The highest BCUT2D eigenvalue weighted by Crippen LogP contribution is 2.38. The first-order valence-electron chi connectivity index (χ1n) is 12.0. The van der Waals surface area contributed by atoms with Gasteiger partial charge in [-0.05, 0) is 42.1 Å². The molecule has 1 aliphatic carbocycles. The van der Waals surface area contributed by atoms with Gasteiger partial charge in [0.15, 0.2) is 11.5 Å². The number of benzene rings is 1. The molecule has 9 heteroatoms. The molecule has 6 rings (SSSR count). The molecule has 1 unspecified atom stereocenters. The van der Waals surface area contributed by atoms with E-state index in [-0.39, 0.29) is 17.6 Å². The van der Waals surface area contributed by atoms with Crippen LogP contribution in [-0.2, 0) is 6.42 Å². The molecule has 1 atom stereocenters. The zero-order valence-electron chi connectivity index (χ0n) is 19.6. The highest BCUT2D eigenvalue weighted by atomic mass is 32.1. The summed E-state index contributed by atoms with van der Waals surface area (Å²) in [4.78, 5) is 40.8. The summed E-state index contributed by atoms with van der Waals surface area (Å²) in [6, 6.07) is 17.3. The van der Waals surface area contributed by atoms with E-state index in [1.165, 1.54) is 11.1 Å². The molecule has 182 valence electrons. The molecule has 0 bridgehead atoms. The van der Waals surface area contributed by atoms with Gasteiger partial charge >= 0.3 is 0 Å². The minimum absolute atomic E-state index is 0.0634. The van der Waals surface area contributed by atoms with Crippen molar-refractivity contribution in [3.8, 4) is 0 Å². The Morgan fingerprint density at radius 2 is 1.81 bits per heavy atom. The number of fused-ring (bicyclic) bond motifs is 1. The van der Waals surface area contributed by atoms with E-state index < -0.39 is 0 Å². The summed E-state index contributed by atoms with van der Waals surface area (Å²) in [5.41, 5.74) is 2.23. The molecule has 8 nitrogen and oxygen atoms in total. The molecular weight excluding hydrogens is 474 g/mol. The van der Waals surface area contributed by atoms with E-state index in [1.807, 2.05) is 41.8 Å². The number of amides is 1. The molecule has 0 saturated carbocycles. The highest BCUT2D eigenvalue weighted by molar-refractivity contribution is 7.10. The monoisotopic (exact) mass is 499 g/mol. The molecule has 0 radical (unpaired) electrons. The number of Topliss-reactive ketones (excluding diaryl/α,β-unsaturated/α-hetero) is 1. The Labute approximate surface area is 212 Å². The van der Waals surface area contributed by atoms with E-state index in [1.54, 1.807) is 28.4 Å². The van der Waals surface area contributed by atoms with Crippen LogP contribution in [0.5, 0.6) is 0 Å². The Morgan fingerprint density at radius 3 is 2.53 bits per heavy atom. The van der Waals surface area contributed by atoms with Crippen molar-refractivity contribution in [1.29, 1.82) is 0 Å². The number of nitrogens with one attached hydrogen (secondary N) is 1. The average molecular weight is 500 g/mol. The number of hydrogen-bond donors (Lipinski definition) is 1. The van der Waals surface area contributed by atoms with Gasteiger partial charge < -0.3 is 19.5 Å². The molecule has 1 aliphatic heterocycles. The van der Waals surface area contributed by atoms with Gasteiger partial charge in [-0.25, -0.2) is 4.98 Å². The second kappa shape index (κ2) is 9.58. The maximum Gasteiger partial charge on any atom is 0.289 e. The minimum atomic E-state index is -0.109. The smallest absolute Gasteiger partial charge is 0.289 e. The maximum absolute atomic E-state index is 13.3. The van der Waals surface area contributed by atoms with Gasteiger partial charge in [0, 0.05) is 49.1 Å². The molecule has 1 amide bonds. The number of piperazine rings is 1. The third-order valence-corrected chi connectivity index (χ3v) is 7.72. The number of carbonyl (C=O) groups excluding carboxylic acids is 2. The molecule has 4 aromatic rings. The number of rotatable bonds is 5. The number of nitrogens with zero attached hydrogens (tertiary/aromatic N) is 4. The first kappa shape index (κ1) is 22.5. The Bertz CT molecular complexity index is 1360. The fourth-order valence-electron chi connectivity index (χ4n) is 4.85. The lowest BCUT2D eigenvalue weighted by Crippen LogP contribution is -2.49. The van der Waals surface area contributed by atoms with Gasteiger partial charge in [-0.2, -0.15) is 4.98 Å². The van der Waals surface area contributed by atoms with Crippen LogP contribution in [0, 0.1) is 0 Å². The SMILES string of the molecule is O=C1CC(c2cccs2)Cc2nc(N3CCN(C(=O)c4ccco4)CC3)nc(Nc3ccccc3)c21. The van der Waals surface area contributed by atoms with Crippen LogP contribution in [0.4, 0.5) is 17.5 Å². The number of thiophene rings is 1. The molecule has 1 saturated heterocycles. The number of anilines is 3. The minimum Gasteiger partial charge on any atom is -0.459 e. The summed E-state index contributed by atoms with van der Waals surface area (Å²) < 4.78 is 5.28. The molecular formula is C27H25N5O3S. The Hall–Kier alpha value is -3.98. The molecule has 1 fully saturated rings. The van der Waals surface area contributed by atoms with Crippen molar-refractivity contribution < 1.29 is 14.0 Å². The molecule has 36 heavy (non-hydrogen) atoms. The Kier molecular flexibility index (Phi) is 5.98. The first-order valence-corrected chi connectivity index (χ1v) is 12.9. The van der Waals surface area contributed by atoms with Crippen LogP contribution in [-0.4, -0.2) is 52.7 Å². The summed E-state index contributed by atoms with van der Waals surface area (Å²) >= 11 is 1.68.